The molecule has 1 aromatic heterocycles. The normalized spacial score (nSPS) is 14.8. The van der Waals surface area contributed by atoms with Crippen molar-refractivity contribution in [3.8, 4) is 11.1 Å². The number of carbonyl (C=O) groups is 1. The first-order valence-corrected chi connectivity index (χ1v) is 9.83. The summed E-state index contributed by atoms with van der Waals surface area (Å²) in [6.07, 6.45) is 3.63. The molecule has 5 heteroatoms. The Morgan fingerprint density at radius 3 is 2.07 bits per heavy atom. The third kappa shape index (κ3) is 4.41. The molecule has 0 aliphatic carbocycles. The lowest BCUT2D eigenvalue weighted by Crippen LogP contribution is -2.48. The molecule has 28 heavy (non-hydrogen) atoms. The Labute approximate surface area is 170 Å². The Hall–Kier alpha value is -2.69. The molecule has 1 saturated heterocycles. The zero-order chi connectivity index (χ0) is 19.3. The van der Waals surface area contributed by atoms with Gasteiger partial charge in [-0.2, -0.15) is 0 Å². The van der Waals surface area contributed by atoms with Crippen LogP contribution in [0.2, 0.25) is 5.02 Å². The van der Waals surface area contributed by atoms with Gasteiger partial charge in [0.1, 0.15) is 0 Å². The van der Waals surface area contributed by atoms with Crippen molar-refractivity contribution in [1.29, 1.82) is 0 Å². The van der Waals surface area contributed by atoms with E-state index in [9.17, 15) is 4.79 Å². The summed E-state index contributed by atoms with van der Waals surface area (Å²) in [4.78, 5) is 21.0. The smallest absolute Gasteiger partial charge is 0.253 e. The number of halogens is 1. The molecule has 0 unspecified atom stereocenters. The van der Waals surface area contributed by atoms with Gasteiger partial charge in [-0.15, -0.1) is 0 Å². The van der Waals surface area contributed by atoms with E-state index in [1.165, 1.54) is 16.7 Å². The lowest BCUT2D eigenvalue weighted by atomic mass is 10.0. The number of carbonyl (C=O) groups excluding carboxylic acids is 1. The first-order chi connectivity index (χ1) is 13.7. The van der Waals surface area contributed by atoms with Gasteiger partial charge in [0.25, 0.3) is 5.91 Å². The monoisotopic (exact) mass is 391 g/mol. The van der Waals surface area contributed by atoms with E-state index < -0.39 is 0 Å². The van der Waals surface area contributed by atoms with Crippen LogP contribution < -0.4 is 0 Å². The highest BCUT2D eigenvalue weighted by Crippen LogP contribution is 2.20. The molecular formula is C23H22ClN3O. The van der Waals surface area contributed by atoms with Gasteiger partial charge in [0.2, 0.25) is 0 Å². The Bertz CT molecular complexity index is 918. The fraction of sp³-hybridized carbons (Fsp3) is 0.217. The lowest BCUT2D eigenvalue weighted by molar-refractivity contribution is 0.0628. The minimum Gasteiger partial charge on any atom is -0.336 e. The number of hydrogen-bond donors (Lipinski definition) is 0. The van der Waals surface area contributed by atoms with Crippen molar-refractivity contribution in [2.45, 2.75) is 6.54 Å². The first-order valence-electron chi connectivity index (χ1n) is 9.45. The molecule has 1 amide bonds. The molecule has 142 valence electrons. The molecule has 0 saturated carbocycles. The maximum absolute atomic E-state index is 12.6. The highest BCUT2D eigenvalue weighted by Gasteiger charge is 2.22. The van der Waals surface area contributed by atoms with Gasteiger partial charge in [0.05, 0.1) is 0 Å². The Morgan fingerprint density at radius 2 is 1.43 bits per heavy atom. The van der Waals surface area contributed by atoms with E-state index in [0.717, 1.165) is 32.7 Å². The number of pyridine rings is 1. The average Bonchev–Trinajstić information content (AvgIpc) is 2.75. The molecule has 4 rings (SSSR count). The zero-order valence-corrected chi connectivity index (χ0v) is 16.3. The summed E-state index contributed by atoms with van der Waals surface area (Å²) in [5.74, 6) is 0.0815. The summed E-state index contributed by atoms with van der Waals surface area (Å²) in [7, 11) is 0. The lowest BCUT2D eigenvalue weighted by Gasteiger charge is -2.34. The standard InChI is InChI=1S/C23H22ClN3O/c24-22-7-5-21(6-8-22)23(28)27-15-13-26(14-16-27)17-18-1-3-19(4-2-18)20-9-11-25-12-10-20/h1-12H,13-17H2. The van der Waals surface area contributed by atoms with E-state index in [-0.39, 0.29) is 5.91 Å². The Morgan fingerprint density at radius 1 is 0.821 bits per heavy atom. The van der Waals surface area contributed by atoms with Gasteiger partial charge in [-0.3, -0.25) is 14.7 Å². The predicted octanol–water partition coefficient (Wildman–Crippen LogP) is 4.36. The van der Waals surface area contributed by atoms with E-state index in [0.29, 0.717) is 10.6 Å². The van der Waals surface area contributed by atoms with Gasteiger partial charge in [-0.05, 0) is 53.1 Å². The second-order valence-corrected chi connectivity index (χ2v) is 7.44. The average molecular weight is 392 g/mol. The quantitative estimate of drug-likeness (QED) is 0.663. The summed E-state index contributed by atoms with van der Waals surface area (Å²) >= 11 is 5.91. The molecular weight excluding hydrogens is 370 g/mol. The van der Waals surface area contributed by atoms with Crippen LogP contribution in [0.5, 0.6) is 0 Å². The molecule has 0 radical (unpaired) electrons. The third-order valence-corrected chi connectivity index (χ3v) is 5.38. The Balaban J connectivity index is 1.32. The second kappa shape index (κ2) is 8.55. The van der Waals surface area contributed by atoms with Crippen LogP contribution in [0, 0.1) is 0 Å². The maximum atomic E-state index is 12.6. The van der Waals surface area contributed by atoms with Crippen molar-refractivity contribution in [3.63, 3.8) is 0 Å². The minimum atomic E-state index is 0.0815. The van der Waals surface area contributed by atoms with Gasteiger partial charge >= 0.3 is 0 Å². The third-order valence-electron chi connectivity index (χ3n) is 5.12. The summed E-state index contributed by atoms with van der Waals surface area (Å²) in [5.41, 5.74) is 4.36. The maximum Gasteiger partial charge on any atom is 0.253 e. The molecule has 0 atom stereocenters. The van der Waals surface area contributed by atoms with Gasteiger partial charge < -0.3 is 4.90 Å². The van der Waals surface area contributed by atoms with Crippen LogP contribution >= 0.6 is 11.6 Å². The fourth-order valence-electron chi connectivity index (χ4n) is 3.49. The molecule has 0 N–H and O–H groups in total. The summed E-state index contributed by atoms with van der Waals surface area (Å²) in [6, 6.07) is 19.8. The molecule has 0 bridgehead atoms. The zero-order valence-electron chi connectivity index (χ0n) is 15.6. The SMILES string of the molecule is O=C(c1ccc(Cl)cc1)N1CCN(Cc2ccc(-c3ccncc3)cc2)CC1. The van der Waals surface area contributed by atoms with Crippen LogP contribution in [0.15, 0.2) is 73.1 Å². The molecule has 3 aromatic rings. The van der Waals surface area contributed by atoms with Crippen LogP contribution in [0.3, 0.4) is 0 Å². The molecule has 4 nitrogen and oxygen atoms in total. The summed E-state index contributed by atoms with van der Waals surface area (Å²) in [5, 5.41) is 0.649. The topological polar surface area (TPSA) is 36.4 Å². The first kappa shape index (κ1) is 18.7. The van der Waals surface area contributed by atoms with E-state index in [4.69, 9.17) is 11.6 Å². The van der Waals surface area contributed by atoms with Crippen LogP contribution in [0.25, 0.3) is 11.1 Å². The van der Waals surface area contributed by atoms with Gasteiger partial charge in [0, 0.05) is 55.7 Å². The van der Waals surface area contributed by atoms with Gasteiger partial charge in [-0.1, -0.05) is 35.9 Å². The van der Waals surface area contributed by atoms with E-state index >= 15 is 0 Å². The number of aromatic nitrogens is 1. The molecule has 1 fully saturated rings. The van der Waals surface area contributed by atoms with Crippen molar-refractivity contribution in [2.75, 3.05) is 26.2 Å². The molecule has 1 aliphatic rings. The Kier molecular flexibility index (Phi) is 5.70. The van der Waals surface area contributed by atoms with E-state index in [1.807, 2.05) is 29.4 Å². The van der Waals surface area contributed by atoms with Crippen molar-refractivity contribution >= 4 is 17.5 Å². The summed E-state index contributed by atoms with van der Waals surface area (Å²) < 4.78 is 0. The molecule has 1 aliphatic heterocycles. The van der Waals surface area contributed by atoms with E-state index in [1.54, 1.807) is 24.3 Å². The second-order valence-electron chi connectivity index (χ2n) is 7.01. The number of nitrogens with zero attached hydrogens (tertiary/aromatic N) is 3. The predicted molar refractivity (Wildman–Crippen MR) is 112 cm³/mol. The largest absolute Gasteiger partial charge is 0.336 e. The van der Waals surface area contributed by atoms with Crippen LogP contribution in [-0.4, -0.2) is 46.9 Å². The molecule has 0 spiro atoms. The van der Waals surface area contributed by atoms with Crippen molar-refractivity contribution in [1.82, 2.24) is 14.8 Å². The number of rotatable bonds is 4. The molecule has 2 aromatic carbocycles. The number of piperazine rings is 1. The van der Waals surface area contributed by atoms with E-state index in [2.05, 4.69) is 34.1 Å². The number of hydrogen-bond acceptors (Lipinski definition) is 3. The number of amides is 1. The van der Waals surface area contributed by atoms with Gasteiger partial charge in [-0.25, -0.2) is 0 Å². The minimum absolute atomic E-state index is 0.0815. The highest BCUT2D eigenvalue weighted by atomic mass is 35.5. The van der Waals surface area contributed by atoms with Crippen molar-refractivity contribution in [3.05, 3.63) is 89.2 Å². The highest BCUT2D eigenvalue weighted by molar-refractivity contribution is 6.30. The summed E-state index contributed by atoms with van der Waals surface area (Å²) in [6.45, 7) is 4.16. The van der Waals surface area contributed by atoms with Gasteiger partial charge in [0.15, 0.2) is 0 Å². The van der Waals surface area contributed by atoms with Crippen molar-refractivity contribution < 1.29 is 4.79 Å². The van der Waals surface area contributed by atoms with Crippen molar-refractivity contribution in [2.24, 2.45) is 0 Å². The van der Waals surface area contributed by atoms with Crippen LogP contribution in [0.1, 0.15) is 15.9 Å². The van der Waals surface area contributed by atoms with Crippen LogP contribution in [0.4, 0.5) is 0 Å². The fourth-order valence-corrected chi connectivity index (χ4v) is 3.62. The molecule has 2 heterocycles. The van der Waals surface area contributed by atoms with Crippen LogP contribution in [-0.2, 0) is 6.54 Å². The number of benzene rings is 2.